The molecule has 0 amide bonds. The molecule has 204 valence electrons. The molecule has 1 aromatic rings. The highest BCUT2D eigenvalue weighted by Gasteiger charge is 1.98. The Morgan fingerprint density at radius 1 is 0.543 bits per heavy atom. The van der Waals surface area contributed by atoms with Crippen LogP contribution in [0.25, 0.3) is 0 Å². The van der Waals surface area contributed by atoms with Crippen molar-refractivity contribution >= 4 is 0 Å². The molecule has 7 nitrogen and oxygen atoms in total. The lowest BCUT2D eigenvalue weighted by atomic mass is 10.0. The molecule has 0 aliphatic rings. The van der Waals surface area contributed by atoms with Gasteiger partial charge in [-0.1, -0.05) is 51.2 Å². The van der Waals surface area contributed by atoms with Gasteiger partial charge in [0.25, 0.3) is 0 Å². The Bertz CT molecular complexity index is 555. The van der Waals surface area contributed by atoms with E-state index in [9.17, 15) is 0 Å². The second kappa shape index (κ2) is 24.5. The standard InChI is InChI=1S/C28H51NO6/c1-4-5-6-7-8-9-10-27-11-13-28(14-12-27)35-26-25-34-24-23-33-22-21-32-20-19-31-18-17-30-16-15-29(2)3/h11-14H,4-10,15-26H2,1-3H3. The summed E-state index contributed by atoms with van der Waals surface area (Å²) in [7, 11) is 4.06. The third-order valence-electron chi connectivity index (χ3n) is 5.41. The van der Waals surface area contributed by atoms with E-state index in [2.05, 4.69) is 36.1 Å². The molecule has 0 bridgehead atoms. The van der Waals surface area contributed by atoms with Crippen molar-refractivity contribution in [2.45, 2.75) is 51.9 Å². The summed E-state index contributed by atoms with van der Waals surface area (Å²) in [5, 5.41) is 0. The zero-order chi connectivity index (χ0) is 25.2. The maximum atomic E-state index is 5.75. The van der Waals surface area contributed by atoms with Crippen LogP contribution in [-0.4, -0.2) is 98.2 Å². The van der Waals surface area contributed by atoms with Gasteiger partial charge >= 0.3 is 0 Å². The first kappa shape index (κ1) is 31.8. The molecule has 0 N–H and O–H groups in total. The van der Waals surface area contributed by atoms with Gasteiger partial charge in [-0.2, -0.15) is 0 Å². The fourth-order valence-electron chi connectivity index (χ4n) is 3.31. The van der Waals surface area contributed by atoms with E-state index in [4.69, 9.17) is 28.4 Å². The molecule has 0 saturated heterocycles. The van der Waals surface area contributed by atoms with E-state index < -0.39 is 0 Å². The summed E-state index contributed by atoms with van der Waals surface area (Å²) >= 11 is 0. The zero-order valence-electron chi connectivity index (χ0n) is 22.6. The number of hydrogen-bond acceptors (Lipinski definition) is 7. The van der Waals surface area contributed by atoms with Gasteiger partial charge in [0.1, 0.15) is 12.4 Å². The molecule has 0 spiro atoms. The Labute approximate surface area is 214 Å². The molecule has 0 aliphatic carbocycles. The van der Waals surface area contributed by atoms with E-state index in [1.54, 1.807) is 0 Å². The lowest BCUT2D eigenvalue weighted by Crippen LogP contribution is -2.19. The van der Waals surface area contributed by atoms with Crippen molar-refractivity contribution in [3.8, 4) is 5.75 Å². The summed E-state index contributed by atoms with van der Waals surface area (Å²) in [5.74, 6) is 0.898. The first-order chi connectivity index (χ1) is 17.2. The van der Waals surface area contributed by atoms with Crippen molar-refractivity contribution in [2.75, 3.05) is 93.3 Å². The third kappa shape index (κ3) is 21.8. The molecule has 0 atom stereocenters. The maximum Gasteiger partial charge on any atom is 0.119 e. The highest BCUT2D eigenvalue weighted by atomic mass is 16.6. The van der Waals surface area contributed by atoms with Gasteiger partial charge in [0.2, 0.25) is 0 Å². The highest BCUT2D eigenvalue weighted by molar-refractivity contribution is 5.27. The summed E-state index contributed by atoms with van der Waals surface area (Å²) in [6.45, 7) is 9.58. The highest BCUT2D eigenvalue weighted by Crippen LogP contribution is 2.15. The van der Waals surface area contributed by atoms with E-state index in [0.717, 1.165) is 25.3 Å². The van der Waals surface area contributed by atoms with Crippen LogP contribution >= 0.6 is 0 Å². The van der Waals surface area contributed by atoms with Gasteiger partial charge < -0.3 is 33.3 Å². The fourth-order valence-corrected chi connectivity index (χ4v) is 3.31. The number of ether oxygens (including phenoxy) is 6. The second-order valence-corrected chi connectivity index (χ2v) is 8.88. The second-order valence-electron chi connectivity index (χ2n) is 8.88. The van der Waals surface area contributed by atoms with Crippen LogP contribution in [0.1, 0.15) is 51.0 Å². The molecule has 0 fully saturated rings. The predicted octanol–water partition coefficient (Wildman–Crippen LogP) is 4.61. The maximum absolute atomic E-state index is 5.75. The van der Waals surface area contributed by atoms with Crippen LogP contribution in [0.15, 0.2) is 24.3 Å². The number of unbranched alkanes of at least 4 members (excludes halogenated alkanes) is 5. The quantitative estimate of drug-likeness (QED) is 0.173. The van der Waals surface area contributed by atoms with Crippen LogP contribution in [0.2, 0.25) is 0 Å². The normalized spacial score (nSPS) is 11.4. The van der Waals surface area contributed by atoms with Gasteiger partial charge in [0.05, 0.1) is 66.1 Å². The number of nitrogens with zero attached hydrogens (tertiary/aromatic N) is 1. The van der Waals surface area contributed by atoms with Crippen LogP contribution in [0.5, 0.6) is 5.75 Å². The topological polar surface area (TPSA) is 58.6 Å². The van der Waals surface area contributed by atoms with E-state index >= 15 is 0 Å². The van der Waals surface area contributed by atoms with Gasteiger partial charge in [-0.15, -0.1) is 0 Å². The van der Waals surface area contributed by atoms with E-state index in [1.165, 1.54) is 44.1 Å². The average Bonchev–Trinajstić information content (AvgIpc) is 2.86. The molecule has 0 heterocycles. The summed E-state index contributed by atoms with van der Waals surface area (Å²) in [4.78, 5) is 2.09. The molecule has 0 radical (unpaired) electrons. The van der Waals surface area contributed by atoms with Crippen LogP contribution in [0, 0.1) is 0 Å². The third-order valence-corrected chi connectivity index (χ3v) is 5.41. The van der Waals surface area contributed by atoms with Gasteiger partial charge in [-0.25, -0.2) is 0 Å². The SMILES string of the molecule is CCCCCCCCc1ccc(OCCOCCOCCOCCOCCOCCN(C)C)cc1. The van der Waals surface area contributed by atoms with Crippen molar-refractivity contribution in [3.63, 3.8) is 0 Å². The van der Waals surface area contributed by atoms with Crippen molar-refractivity contribution in [3.05, 3.63) is 29.8 Å². The number of rotatable bonds is 26. The Kier molecular flexibility index (Phi) is 22.2. The van der Waals surface area contributed by atoms with Gasteiger partial charge in [0.15, 0.2) is 0 Å². The smallest absolute Gasteiger partial charge is 0.119 e. The van der Waals surface area contributed by atoms with E-state index in [-0.39, 0.29) is 0 Å². The molecular formula is C28H51NO6. The summed E-state index contributed by atoms with van der Waals surface area (Å²) in [6.07, 6.45) is 9.16. The van der Waals surface area contributed by atoms with E-state index in [1.807, 2.05) is 14.1 Å². The lowest BCUT2D eigenvalue weighted by Gasteiger charge is -2.10. The zero-order valence-corrected chi connectivity index (χ0v) is 22.6. The largest absolute Gasteiger partial charge is 0.491 e. The minimum atomic E-state index is 0.542. The molecule has 7 heteroatoms. The summed E-state index contributed by atoms with van der Waals surface area (Å²) in [6, 6.07) is 8.46. The molecule has 35 heavy (non-hydrogen) atoms. The van der Waals surface area contributed by atoms with Crippen LogP contribution in [0.4, 0.5) is 0 Å². The number of hydrogen-bond donors (Lipinski definition) is 0. The Morgan fingerprint density at radius 2 is 1.00 bits per heavy atom. The minimum Gasteiger partial charge on any atom is -0.491 e. The Balaban J connectivity index is 1.80. The fraction of sp³-hybridized carbons (Fsp3) is 0.786. The molecule has 0 aliphatic heterocycles. The monoisotopic (exact) mass is 497 g/mol. The average molecular weight is 498 g/mol. The first-order valence-corrected chi connectivity index (χ1v) is 13.5. The molecule has 1 aromatic carbocycles. The van der Waals surface area contributed by atoms with Crippen molar-refractivity contribution in [2.24, 2.45) is 0 Å². The summed E-state index contributed by atoms with van der Waals surface area (Å²) < 4.78 is 33.2. The van der Waals surface area contributed by atoms with Gasteiger partial charge in [-0.05, 0) is 44.6 Å². The van der Waals surface area contributed by atoms with Crippen molar-refractivity contribution in [1.29, 1.82) is 0 Å². The lowest BCUT2D eigenvalue weighted by molar-refractivity contribution is -0.0132. The van der Waals surface area contributed by atoms with Crippen LogP contribution in [0.3, 0.4) is 0 Å². The van der Waals surface area contributed by atoms with Crippen LogP contribution < -0.4 is 4.74 Å². The summed E-state index contributed by atoms with van der Waals surface area (Å²) in [5.41, 5.74) is 1.39. The van der Waals surface area contributed by atoms with Crippen LogP contribution in [-0.2, 0) is 30.1 Å². The molecule has 0 aromatic heterocycles. The molecule has 1 rings (SSSR count). The molecule has 0 saturated carbocycles. The number of aryl methyl sites for hydroxylation is 1. The van der Waals surface area contributed by atoms with Crippen molar-refractivity contribution < 1.29 is 28.4 Å². The minimum absolute atomic E-state index is 0.542. The Hall–Kier alpha value is -1.22. The van der Waals surface area contributed by atoms with E-state index in [0.29, 0.717) is 66.1 Å². The predicted molar refractivity (Wildman–Crippen MR) is 142 cm³/mol. The molecule has 0 unspecified atom stereocenters. The van der Waals surface area contributed by atoms with Gasteiger partial charge in [-0.3, -0.25) is 0 Å². The first-order valence-electron chi connectivity index (χ1n) is 13.5. The number of benzene rings is 1. The Morgan fingerprint density at radius 3 is 1.51 bits per heavy atom. The molecular weight excluding hydrogens is 446 g/mol. The number of likely N-dealkylation sites (N-methyl/N-ethyl adjacent to an activating group) is 1. The van der Waals surface area contributed by atoms with Crippen molar-refractivity contribution in [1.82, 2.24) is 4.90 Å². The van der Waals surface area contributed by atoms with Gasteiger partial charge in [0, 0.05) is 6.54 Å².